The summed E-state index contributed by atoms with van der Waals surface area (Å²) < 4.78 is 0. The molecule has 0 bridgehead atoms. The van der Waals surface area contributed by atoms with E-state index in [1.54, 1.807) is 18.6 Å². The number of nitrogens with one attached hydrogen (secondary N) is 2. The van der Waals surface area contributed by atoms with E-state index in [1.165, 1.54) is 11.3 Å². The molecule has 0 spiro atoms. The quantitative estimate of drug-likeness (QED) is 0.391. The third-order valence-electron chi connectivity index (χ3n) is 6.09. The first kappa shape index (κ1) is 23.8. The molecule has 4 heterocycles. The van der Waals surface area contributed by atoms with Crippen LogP contribution in [0.4, 0.5) is 22.5 Å². The van der Waals surface area contributed by atoms with Crippen LogP contribution in [0.5, 0.6) is 0 Å². The molecule has 1 aliphatic rings. The standard InChI is InChI=1S/C26H28N8OS/c1-18-5-6-20(14-23(18)32-25-28-9-7-22(31-25)19-4-3-8-27-16-19)29-26-30-21(17-36-26)15-24(35)34-12-10-33(2)11-13-34/h3-9,14,16-17H,10-13,15H2,1-2H3,(H,29,30)(H,28,31,32). The second-order valence-corrected chi connectivity index (χ2v) is 9.65. The average molecular weight is 501 g/mol. The number of amides is 1. The van der Waals surface area contributed by atoms with Crippen LogP contribution >= 0.6 is 11.3 Å². The van der Waals surface area contributed by atoms with Crippen LogP contribution in [0, 0.1) is 6.92 Å². The first-order valence-electron chi connectivity index (χ1n) is 11.8. The molecule has 1 amide bonds. The van der Waals surface area contributed by atoms with Gasteiger partial charge in [0.2, 0.25) is 11.9 Å². The summed E-state index contributed by atoms with van der Waals surface area (Å²) in [7, 11) is 2.08. The number of hydrogen-bond donors (Lipinski definition) is 2. The van der Waals surface area contributed by atoms with Crippen molar-refractivity contribution in [3.8, 4) is 11.3 Å². The first-order valence-corrected chi connectivity index (χ1v) is 12.7. The summed E-state index contributed by atoms with van der Waals surface area (Å²) in [5.74, 6) is 0.644. The molecule has 1 fully saturated rings. The van der Waals surface area contributed by atoms with Crippen molar-refractivity contribution in [2.45, 2.75) is 13.3 Å². The fraction of sp³-hybridized carbons (Fsp3) is 0.269. The van der Waals surface area contributed by atoms with Crippen molar-refractivity contribution < 1.29 is 4.79 Å². The number of anilines is 4. The highest BCUT2D eigenvalue weighted by Crippen LogP contribution is 2.27. The third-order valence-corrected chi connectivity index (χ3v) is 6.89. The Kier molecular flexibility index (Phi) is 7.15. The van der Waals surface area contributed by atoms with Crippen molar-refractivity contribution in [2.75, 3.05) is 43.9 Å². The van der Waals surface area contributed by atoms with Gasteiger partial charge < -0.3 is 20.4 Å². The van der Waals surface area contributed by atoms with Crippen molar-refractivity contribution in [1.82, 2.24) is 29.7 Å². The summed E-state index contributed by atoms with van der Waals surface area (Å²) >= 11 is 1.49. The molecule has 2 N–H and O–H groups in total. The molecular weight excluding hydrogens is 472 g/mol. The Morgan fingerprint density at radius 1 is 1.06 bits per heavy atom. The number of pyridine rings is 1. The molecule has 0 unspecified atom stereocenters. The lowest BCUT2D eigenvalue weighted by Gasteiger charge is -2.32. The van der Waals surface area contributed by atoms with Crippen LogP contribution in [-0.4, -0.2) is 68.9 Å². The number of hydrogen-bond acceptors (Lipinski definition) is 9. The van der Waals surface area contributed by atoms with E-state index in [4.69, 9.17) is 0 Å². The van der Waals surface area contributed by atoms with Crippen LogP contribution in [0.15, 0.2) is 60.4 Å². The predicted molar refractivity (Wildman–Crippen MR) is 143 cm³/mol. The summed E-state index contributed by atoms with van der Waals surface area (Å²) in [5.41, 5.74) is 5.36. The van der Waals surface area contributed by atoms with E-state index < -0.39 is 0 Å². The maximum absolute atomic E-state index is 12.6. The highest BCUT2D eigenvalue weighted by atomic mass is 32.1. The molecule has 1 saturated heterocycles. The van der Waals surface area contributed by atoms with Crippen LogP contribution in [0.2, 0.25) is 0 Å². The van der Waals surface area contributed by atoms with Gasteiger partial charge in [-0.2, -0.15) is 0 Å². The molecule has 4 aromatic rings. The first-order chi connectivity index (χ1) is 17.5. The fourth-order valence-electron chi connectivity index (χ4n) is 3.94. The van der Waals surface area contributed by atoms with E-state index in [1.807, 2.05) is 53.6 Å². The zero-order chi connectivity index (χ0) is 24.9. The van der Waals surface area contributed by atoms with Gasteiger partial charge in [-0.1, -0.05) is 6.07 Å². The number of aromatic nitrogens is 4. The summed E-state index contributed by atoms with van der Waals surface area (Å²) in [5, 5.41) is 9.38. The summed E-state index contributed by atoms with van der Waals surface area (Å²) in [4.78, 5) is 34.6. The smallest absolute Gasteiger partial charge is 0.228 e. The maximum Gasteiger partial charge on any atom is 0.228 e. The Labute approximate surface area is 214 Å². The number of carbonyl (C=O) groups is 1. The third kappa shape index (κ3) is 5.84. The molecular formula is C26H28N8OS. The molecule has 5 rings (SSSR count). The lowest BCUT2D eigenvalue weighted by atomic mass is 10.2. The maximum atomic E-state index is 12.6. The summed E-state index contributed by atoms with van der Waals surface area (Å²) in [6.07, 6.45) is 5.58. The van der Waals surface area contributed by atoms with Gasteiger partial charge in [0, 0.05) is 67.1 Å². The second-order valence-electron chi connectivity index (χ2n) is 8.79. The number of aryl methyl sites for hydroxylation is 1. The number of likely N-dealkylation sites (N-methyl/N-ethyl adjacent to an activating group) is 1. The van der Waals surface area contributed by atoms with Gasteiger partial charge in [-0.25, -0.2) is 15.0 Å². The SMILES string of the molecule is Cc1ccc(Nc2nc(CC(=O)N3CCN(C)CC3)cs2)cc1Nc1nccc(-c2cccnc2)n1. The molecule has 3 aromatic heterocycles. The van der Waals surface area contributed by atoms with Crippen LogP contribution in [0.1, 0.15) is 11.3 Å². The molecule has 1 aromatic carbocycles. The van der Waals surface area contributed by atoms with Gasteiger partial charge in [-0.15, -0.1) is 11.3 Å². The van der Waals surface area contributed by atoms with Gasteiger partial charge in [0.05, 0.1) is 17.8 Å². The number of nitrogens with zero attached hydrogens (tertiary/aromatic N) is 6. The van der Waals surface area contributed by atoms with Gasteiger partial charge >= 0.3 is 0 Å². The molecule has 1 aliphatic heterocycles. The molecule has 10 heteroatoms. The topological polar surface area (TPSA) is 99.2 Å². The zero-order valence-electron chi connectivity index (χ0n) is 20.3. The Balaban J connectivity index is 1.24. The van der Waals surface area contributed by atoms with Crippen molar-refractivity contribution in [1.29, 1.82) is 0 Å². The average Bonchev–Trinajstić information content (AvgIpc) is 3.33. The van der Waals surface area contributed by atoms with Crippen LogP contribution in [-0.2, 0) is 11.2 Å². The number of rotatable bonds is 7. The van der Waals surface area contributed by atoms with E-state index in [-0.39, 0.29) is 5.91 Å². The number of piperazine rings is 1. The fourth-order valence-corrected chi connectivity index (χ4v) is 4.67. The number of carbonyl (C=O) groups excluding carboxylic acids is 1. The van der Waals surface area contributed by atoms with Crippen molar-refractivity contribution in [2.24, 2.45) is 0 Å². The van der Waals surface area contributed by atoms with Gasteiger partial charge in [0.1, 0.15) is 0 Å². The largest absolute Gasteiger partial charge is 0.340 e. The van der Waals surface area contributed by atoms with Gasteiger partial charge in [0.25, 0.3) is 0 Å². The Morgan fingerprint density at radius 3 is 2.72 bits per heavy atom. The lowest BCUT2D eigenvalue weighted by Crippen LogP contribution is -2.47. The van der Waals surface area contributed by atoms with E-state index >= 15 is 0 Å². The Hall–Kier alpha value is -3.89. The minimum absolute atomic E-state index is 0.135. The highest BCUT2D eigenvalue weighted by Gasteiger charge is 2.20. The minimum Gasteiger partial charge on any atom is -0.340 e. The number of benzene rings is 1. The second kappa shape index (κ2) is 10.8. The minimum atomic E-state index is 0.135. The van der Waals surface area contributed by atoms with Gasteiger partial charge in [-0.05, 0) is 49.9 Å². The normalized spacial score (nSPS) is 14.0. The van der Waals surface area contributed by atoms with E-state index in [0.717, 1.165) is 65.2 Å². The monoisotopic (exact) mass is 500 g/mol. The van der Waals surface area contributed by atoms with Gasteiger partial charge in [0.15, 0.2) is 5.13 Å². The molecule has 0 saturated carbocycles. The summed E-state index contributed by atoms with van der Waals surface area (Å²) in [6.45, 7) is 5.41. The van der Waals surface area contributed by atoms with E-state index in [0.29, 0.717) is 12.4 Å². The van der Waals surface area contributed by atoms with Crippen LogP contribution in [0.3, 0.4) is 0 Å². The van der Waals surface area contributed by atoms with Crippen LogP contribution in [0.25, 0.3) is 11.3 Å². The van der Waals surface area contributed by atoms with Crippen molar-refractivity contribution in [3.05, 3.63) is 71.6 Å². The van der Waals surface area contributed by atoms with E-state index in [2.05, 4.69) is 42.5 Å². The molecule has 0 radical (unpaired) electrons. The Bertz CT molecular complexity index is 1330. The molecule has 184 valence electrons. The van der Waals surface area contributed by atoms with E-state index in [9.17, 15) is 4.79 Å². The summed E-state index contributed by atoms with van der Waals surface area (Å²) in [6, 6.07) is 11.8. The Morgan fingerprint density at radius 2 is 1.92 bits per heavy atom. The molecule has 9 nitrogen and oxygen atoms in total. The zero-order valence-corrected chi connectivity index (χ0v) is 21.1. The molecule has 0 atom stereocenters. The molecule has 36 heavy (non-hydrogen) atoms. The van der Waals surface area contributed by atoms with Crippen molar-refractivity contribution in [3.63, 3.8) is 0 Å². The lowest BCUT2D eigenvalue weighted by molar-refractivity contribution is -0.132. The highest BCUT2D eigenvalue weighted by molar-refractivity contribution is 7.13. The van der Waals surface area contributed by atoms with Crippen LogP contribution < -0.4 is 10.6 Å². The molecule has 0 aliphatic carbocycles. The predicted octanol–water partition coefficient (Wildman–Crippen LogP) is 4.11. The van der Waals surface area contributed by atoms with Gasteiger partial charge in [-0.3, -0.25) is 9.78 Å². The van der Waals surface area contributed by atoms with Crippen molar-refractivity contribution >= 4 is 39.7 Å². The number of thiazole rings is 1.